The Kier molecular flexibility index (Phi) is 2.91. The van der Waals surface area contributed by atoms with Crippen LogP contribution in [0.5, 0.6) is 0 Å². The second kappa shape index (κ2) is 4.07. The zero-order chi connectivity index (χ0) is 11.8. The lowest BCUT2D eigenvalue weighted by atomic mass is 10.2. The standard InChI is InChI=1S/C12H14ClNO2/c1-12(2,3)15-7-11-14-9-6-8(13)4-5-10(9)16-11/h4-6H,7H2,1-3H3. The van der Waals surface area contributed by atoms with Crippen molar-refractivity contribution in [1.29, 1.82) is 0 Å². The quantitative estimate of drug-likeness (QED) is 0.800. The number of benzene rings is 1. The largest absolute Gasteiger partial charge is 0.438 e. The van der Waals surface area contributed by atoms with E-state index in [1.165, 1.54) is 0 Å². The molecular formula is C12H14ClNO2. The molecule has 2 rings (SSSR count). The summed E-state index contributed by atoms with van der Waals surface area (Å²) in [6, 6.07) is 5.37. The van der Waals surface area contributed by atoms with Crippen LogP contribution in [-0.4, -0.2) is 10.6 Å². The highest BCUT2D eigenvalue weighted by Crippen LogP contribution is 2.21. The molecule has 0 N–H and O–H groups in total. The van der Waals surface area contributed by atoms with Gasteiger partial charge in [0, 0.05) is 5.02 Å². The van der Waals surface area contributed by atoms with Crippen molar-refractivity contribution in [2.45, 2.75) is 33.0 Å². The van der Waals surface area contributed by atoms with E-state index in [1.54, 1.807) is 12.1 Å². The van der Waals surface area contributed by atoms with Crippen LogP contribution in [0, 0.1) is 0 Å². The summed E-state index contributed by atoms with van der Waals surface area (Å²) in [6.07, 6.45) is 0. The Labute approximate surface area is 99.4 Å². The third-order valence-electron chi connectivity index (χ3n) is 2.02. The number of aromatic nitrogens is 1. The van der Waals surface area contributed by atoms with Crippen LogP contribution < -0.4 is 0 Å². The molecule has 0 bridgehead atoms. The minimum Gasteiger partial charge on any atom is -0.438 e. The number of hydrogen-bond donors (Lipinski definition) is 0. The van der Waals surface area contributed by atoms with Crippen molar-refractivity contribution in [3.63, 3.8) is 0 Å². The SMILES string of the molecule is CC(C)(C)OCc1nc2cc(Cl)ccc2o1. The van der Waals surface area contributed by atoms with E-state index in [0.717, 1.165) is 11.1 Å². The molecule has 0 atom stereocenters. The minimum absolute atomic E-state index is 0.196. The Morgan fingerprint density at radius 1 is 1.38 bits per heavy atom. The van der Waals surface area contributed by atoms with E-state index in [1.807, 2.05) is 26.8 Å². The summed E-state index contributed by atoms with van der Waals surface area (Å²) < 4.78 is 11.1. The smallest absolute Gasteiger partial charge is 0.221 e. The molecule has 0 amide bonds. The van der Waals surface area contributed by atoms with Crippen LogP contribution >= 0.6 is 11.6 Å². The van der Waals surface area contributed by atoms with Gasteiger partial charge >= 0.3 is 0 Å². The number of oxazole rings is 1. The van der Waals surface area contributed by atoms with Gasteiger partial charge < -0.3 is 9.15 Å². The molecule has 0 saturated heterocycles. The topological polar surface area (TPSA) is 35.3 Å². The van der Waals surface area contributed by atoms with Crippen LogP contribution in [0.25, 0.3) is 11.1 Å². The maximum absolute atomic E-state index is 5.86. The lowest BCUT2D eigenvalue weighted by Crippen LogP contribution is -2.18. The zero-order valence-electron chi connectivity index (χ0n) is 9.58. The monoisotopic (exact) mass is 239 g/mol. The molecule has 4 heteroatoms. The van der Waals surface area contributed by atoms with Gasteiger partial charge in [0.1, 0.15) is 12.1 Å². The van der Waals surface area contributed by atoms with E-state index in [4.69, 9.17) is 20.8 Å². The molecule has 86 valence electrons. The van der Waals surface area contributed by atoms with Crippen LogP contribution in [0.4, 0.5) is 0 Å². The number of fused-ring (bicyclic) bond motifs is 1. The van der Waals surface area contributed by atoms with Crippen molar-refractivity contribution in [2.24, 2.45) is 0 Å². The van der Waals surface area contributed by atoms with E-state index in [2.05, 4.69) is 4.98 Å². The van der Waals surface area contributed by atoms with Crippen LogP contribution in [-0.2, 0) is 11.3 Å². The lowest BCUT2D eigenvalue weighted by molar-refractivity contribution is -0.0238. The van der Waals surface area contributed by atoms with Crippen LogP contribution in [0.2, 0.25) is 5.02 Å². The summed E-state index contributed by atoms with van der Waals surface area (Å²) in [7, 11) is 0. The average molecular weight is 240 g/mol. The summed E-state index contributed by atoms with van der Waals surface area (Å²) in [4.78, 5) is 4.30. The fourth-order valence-corrected chi connectivity index (χ4v) is 1.45. The van der Waals surface area contributed by atoms with Gasteiger partial charge in [-0.15, -0.1) is 0 Å². The molecule has 0 aliphatic rings. The third kappa shape index (κ3) is 2.74. The summed E-state index contributed by atoms with van der Waals surface area (Å²) in [6.45, 7) is 6.35. The molecule has 0 saturated carbocycles. The molecule has 2 aromatic rings. The number of halogens is 1. The number of ether oxygens (including phenoxy) is 1. The van der Waals surface area contributed by atoms with Crippen molar-refractivity contribution in [3.8, 4) is 0 Å². The molecular weight excluding hydrogens is 226 g/mol. The molecule has 0 spiro atoms. The average Bonchev–Trinajstić information content (AvgIpc) is 2.55. The summed E-state index contributed by atoms with van der Waals surface area (Å²) in [5, 5.41) is 0.657. The number of hydrogen-bond acceptors (Lipinski definition) is 3. The van der Waals surface area contributed by atoms with Crippen molar-refractivity contribution in [1.82, 2.24) is 4.98 Å². The van der Waals surface area contributed by atoms with Gasteiger partial charge in [-0.2, -0.15) is 0 Å². The van der Waals surface area contributed by atoms with Crippen LogP contribution in [0.1, 0.15) is 26.7 Å². The van der Waals surface area contributed by atoms with Crippen molar-refractivity contribution >= 4 is 22.7 Å². The predicted molar refractivity (Wildman–Crippen MR) is 63.6 cm³/mol. The minimum atomic E-state index is -0.196. The van der Waals surface area contributed by atoms with E-state index in [9.17, 15) is 0 Å². The Hall–Kier alpha value is -1.06. The molecule has 16 heavy (non-hydrogen) atoms. The maximum Gasteiger partial charge on any atom is 0.221 e. The first-order chi connectivity index (χ1) is 7.44. The molecule has 0 radical (unpaired) electrons. The molecule has 1 aromatic heterocycles. The Bertz CT molecular complexity index is 499. The highest BCUT2D eigenvalue weighted by molar-refractivity contribution is 6.31. The van der Waals surface area contributed by atoms with E-state index >= 15 is 0 Å². The van der Waals surface area contributed by atoms with Crippen molar-refractivity contribution in [3.05, 3.63) is 29.1 Å². The Balaban J connectivity index is 2.20. The van der Waals surface area contributed by atoms with Gasteiger partial charge in [0.25, 0.3) is 0 Å². The van der Waals surface area contributed by atoms with Crippen LogP contribution in [0.3, 0.4) is 0 Å². The molecule has 1 heterocycles. The van der Waals surface area contributed by atoms with Crippen molar-refractivity contribution < 1.29 is 9.15 Å². The highest BCUT2D eigenvalue weighted by atomic mass is 35.5. The van der Waals surface area contributed by atoms with E-state index in [-0.39, 0.29) is 5.60 Å². The first kappa shape index (κ1) is 11.4. The first-order valence-corrected chi connectivity index (χ1v) is 5.51. The van der Waals surface area contributed by atoms with Gasteiger partial charge in [-0.05, 0) is 39.0 Å². The van der Waals surface area contributed by atoms with Gasteiger partial charge in [0.15, 0.2) is 5.58 Å². The second-order valence-corrected chi connectivity index (χ2v) is 5.06. The fraction of sp³-hybridized carbons (Fsp3) is 0.417. The number of rotatable bonds is 2. The normalized spacial score (nSPS) is 12.2. The predicted octanol–water partition coefficient (Wildman–Crippen LogP) is 3.80. The second-order valence-electron chi connectivity index (χ2n) is 4.62. The molecule has 1 aromatic carbocycles. The van der Waals surface area contributed by atoms with Gasteiger partial charge in [-0.3, -0.25) is 0 Å². The summed E-state index contributed by atoms with van der Waals surface area (Å²) in [5.74, 6) is 0.576. The summed E-state index contributed by atoms with van der Waals surface area (Å²) >= 11 is 5.86. The molecule has 3 nitrogen and oxygen atoms in total. The van der Waals surface area contributed by atoms with Gasteiger partial charge in [-0.25, -0.2) is 4.98 Å². The molecule has 0 fully saturated rings. The third-order valence-corrected chi connectivity index (χ3v) is 2.26. The number of nitrogens with zero attached hydrogens (tertiary/aromatic N) is 1. The Morgan fingerprint density at radius 2 is 2.12 bits per heavy atom. The van der Waals surface area contributed by atoms with Crippen molar-refractivity contribution in [2.75, 3.05) is 0 Å². The summed E-state index contributed by atoms with van der Waals surface area (Å²) in [5.41, 5.74) is 1.30. The molecule has 0 unspecified atom stereocenters. The van der Waals surface area contributed by atoms with Crippen LogP contribution in [0.15, 0.2) is 22.6 Å². The fourth-order valence-electron chi connectivity index (χ4n) is 1.29. The zero-order valence-corrected chi connectivity index (χ0v) is 10.3. The molecule has 0 aliphatic heterocycles. The van der Waals surface area contributed by atoms with Gasteiger partial charge in [0.2, 0.25) is 5.89 Å². The maximum atomic E-state index is 5.86. The van der Waals surface area contributed by atoms with E-state index < -0.39 is 0 Å². The Morgan fingerprint density at radius 3 is 2.81 bits per heavy atom. The molecule has 0 aliphatic carbocycles. The lowest BCUT2D eigenvalue weighted by Gasteiger charge is -2.17. The van der Waals surface area contributed by atoms with E-state index in [0.29, 0.717) is 17.5 Å². The van der Waals surface area contributed by atoms with Gasteiger partial charge in [0.05, 0.1) is 5.60 Å². The highest BCUT2D eigenvalue weighted by Gasteiger charge is 2.13. The van der Waals surface area contributed by atoms with Gasteiger partial charge in [-0.1, -0.05) is 11.6 Å². The first-order valence-electron chi connectivity index (χ1n) is 5.13.